The molecule has 0 aromatic rings. The number of quaternary nitrogens is 1. The molecule has 102 valence electrons. The summed E-state index contributed by atoms with van der Waals surface area (Å²) in [6.45, 7) is 4.10. The van der Waals surface area contributed by atoms with Crippen LogP contribution in [0.4, 0.5) is 26.3 Å². The molecule has 1 aliphatic carbocycles. The van der Waals surface area contributed by atoms with Crippen LogP contribution in [0.3, 0.4) is 0 Å². The molecule has 0 aromatic carbocycles. The van der Waals surface area contributed by atoms with Crippen molar-refractivity contribution >= 4 is 0 Å². The van der Waals surface area contributed by atoms with Crippen LogP contribution in [-0.4, -0.2) is 41.9 Å². The summed E-state index contributed by atoms with van der Waals surface area (Å²) in [5.41, 5.74) is 0. The van der Waals surface area contributed by atoms with Crippen molar-refractivity contribution in [3.8, 4) is 0 Å². The standard InChI is InChI=1S/C10H15F6N/c1-4-17(5-2,6-3)7-8(11,12)10(15,16)9(7,13)14/h4-6H2,1-3H3. The van der Waals surface area contributed by atoms with E-state index < -0.39 is 28.3 Å². The zero-order valence-corrected chi connectivity index (χ0v) is 9.84. The Balaban J connectivity index is 3.23. The van der Waals surface area contributed by atoms with E-state index in [1.165, 1.54) is 20.8 Å². The number of nitrogens with zero attached hydrogens (tertiary/aromatic N) is 1. The highest BCUT2D eigenvalue weighted by atomic mass is 19.4. The highest BCUT2D eigenvalue weighted by Gasteiger charge is 2.85. The molecule has 0 aliphatic heterocycles. The van der Waals surface area contributed by atoms with E-state index in [1.807, 2.05) is 0 Å². The van der Waals surface area contributed by atoms with Crippen LogP contribution in [0.15, 0.2) is 0 Å². The average Bonchev–Trinajstić information content (AvgIpc) is 2.24. The summed E-state index contributed by atoms with van der Waals surface area (Å²) in [6, 6.07) is -1.65. The van der Waals surface area contributed by atoms with Gasteiger partial charge in [0.15, 0.2) is 0 Å². The van der Waals surface area contributed by atoms with Gasteiger partial charge in [-0.3, -0.25) is 0 Å². The van der Waals surface area contributed by atoms with Gasteiger partial charge in [0.1, 0.15) is 0 Å². The molecule has 0 heterocycles. The fourth-order valence-corrected chi connectivity index (χ4v) is 2.37. The van der Waals surface area contributed by atoms with Crippen molar-refractivity contribution < 1.29 is 30.8 Å². The van der Waals surface area contributed by atoms with Gasteiger partial charge in [-0.25, -0.2) is 17.6 Å². The topological polar surface area (TPSA) is 0 Å². The lowest BCUT2D eigenvalue weighted by Gasteiger charge is -2.68. The summed E-state index contributed by atoms with van der Waals surface area (Å²) in [5.74, 6) is -14.8. The maximum absolute atomic E-state index is 13.2. The minimum absolute atomic E-state index is 0.0659. The number of alkyl halides is 6. The maximum Gasteiger partial charge on any atom is 0.326 e. The van der Waals surface area contributed by atoms with Crippen molar-refractivity contribution in [1.29, 1.82) is 0 Å². The molecule has 1 nitrogen and oxygen atoms in total. The third kappa shape index (κ3) is 1.44. The van der Waals surface area contributed by atoms with E-state index in [0.717, 1.165) is 0 Å². The Kier molecular flexibility index (Phi) is 3.23. The number of hydrogen-bond acceptors (Lipinski definition) is 0. The van der Waals surface area contributed by atoms with E-state index in [2.05, 4.69) is 0 Å². The zero-order valence-electron chi connectivity index (χ0n) is 9.84. The molecule has 0 unspecified atom stereocenters. The largest absolute Gasteiger partial charge is 0.443 e. The van der Waals surface area contributed by atoms with Gasteiger partial charge in [0.25, 0.3) is 11.8 Å². The van der Waals surface area contributed by atoms with E-state index in [9.17, 15) is 26.3 Å². The molecule has 7 heteroatoms. The van der Waals surface area contributed by atoms with Crippen LogP contribution in [0, 0.1) is 6.04 Å². The lowest BCUT2D eigenvalue weighted by atomic mass is 9.75. The molecular formula is C10H15F6N. The second-order valence-electron chi connectivity index (χ2n) is 4.17. The van der Waals surface area contributed by atoms with E-state index in [4.69, 9.17) is 0 Å². The molecule has 17 heavy (non-hydrogen) atoms. The lowest BCUT2D eigenvalue weighted by molar-refractivity contribution is -0.938. The van der Waals surface area contributed by atoms with E-state index >= 15 is 0 Å². The van der Waals surface area contributed by atoms with Gasteiger partial charge < -0.3 is 4.48 Å². The highest BCUT2D eigenvalue weighted by Crippen LogP contribution is 2.68. The first-order chi connectivity index (χ1) is 7.55. The van der Waals surface area contributed by atoms with Crippen LogP contribution >= 0.6 is 0 Å². The van der Waals surface area contributed by atoms with Crippen LogP contribution < -0.4 is 0 Å². The molecule has 0 aromatic heterocycles. The minimum Gasteiger partial charge on any atom is -0.443 e. The molecule has 1 saturated carbocycles. The van der Waals surface area contributed by atoms with Gasteiger partial charge >= 0.3 is 5.92 Å². The Morgan fingerprint density at radius 2 is 1.06 bits per heavy atom. The molecule has 0 amide bonds. The van der Waals surface area contributed by atoms with Gasteiger partial charge in [0.05, 0.1) is 19.6 Å². The number of hydrogen-bond donors (Lipinski definition) is 0. The summed E-state index contributed by atoms with van der Waals surface area (Å²) in [6.07, 6.45) is 0. The molecule has 1 aliphatic rings. The molecule has 0 spiro atoms. The van der Waals surface area contributed by atoms with E-state index in [-0.39, 0.29) is 19.6 Å². The molecule has 1 rings (SSSR count). The first-order valence-corrected chi connectivity index (χ1v) is 5.43. The second kappa shape index (κ2) is 3.76. The Morgan fingerprint density at radius 1 is 0.765 bits per heavy atom. The smallest absolute Gasteiger partial charge is 0.326 e. The van der Waals surface area contributed by atoms with Crippen molar-refractivity contribution in [1.82, 2.24) is 0 Å². The quantitative estimate of drug-likeness (QED) is 0.414. The average molecular weight is 263 g/mol. The molecule has 0 N–H and O–H groups in total. The lowest BCUT2D eigenvalue weighted by Crippen LogP contribution is -2.81. The first-order valence-electron chi connectivity index (χ1n) is 5.43. The van der Waals surface area contributed by atoms with Gasteiger partial charge in [-0.05, 0) is 20.8 Å². The van der Waals surface area contributed by atoms with Crippen LogP contribution in [0.25, 0.3) is 0 Å². The summed E-state index contributed by atoms with van der Waals surface area (Å²) < 4.78 is 77.7. The first kappa shape index (κ1) is 14.6. The second-order valence-corrected chi connectivity index (χ2v) is 4.17. The van der Waals surface area contributed by atoms with Crippen molar-refractivity contribution in [2.45, 2.75) is 38.5 Å². The predicted molar refractivity (Wildman–Crippen MR) is 50.0 cm³/mol. The normalized spacial score (nSPS) is 26.6. The van der Waals surface area contributed by atoms with Crippen molar-refractivity contribution in [3.05, 3.63) is 6.04 Å². The third-order valence-electron chi connectivity index (χ3n) is 3.67. The van der Waals surface area contributed by atoms with Crippen molar-refractivity contribution in [2.75, 3.05) is 19.6 Å². The van der Waals surface area contributed by atoms with Crippen LogP contribution in [0.1, 0.15) is 20.8 Å². The number of halogens is 6. The fourth-order valence-electron chi connectivity index (χ4n) is 2.37. The van der Waals surface area contributed by atoms with Crippen LogP contribution in [-0.2, 0) is 0 Å². The predicted octanol–water partition coefficient (Wildman–Crippen LogP) is 3.31. The highest BCUT2D eigenvalue weighted by molar-refractivity contribution is 5.30. The Labute approximate surface area is 96.0 Å². The summed E-state index contributed by atoms with van der Waals surface area (Å²) in [5, 5.41) is 0. The Hall–Kier alpha value is -0.460. The van der Waals surface area contributed by atoms with Crippen LogP contribution in [0.2, 0.25) is 0 Å². The van der Waals surface area contributed by atoms with E-state index in [1.54, 1.807) is 0 Å². The van der Waals surface area contributed by atoms with Crippen molar-refractivity contribution in [3.63, 3.8) is 0 Å². The Bertz CT molecular complexity index is 271. The third-order valence-corrected chi connectivity index (χ3v) is 3.67. The van der Waals surface area contributed by atoms with Gasteiger partial charge in [0, 0.05) is 6.04 Å². The van der Waals surface area contributed by atoms with Gasteiger partial charge in [-0.2, -0.15) is 8.78 Å². The molecule has 0 radical (unpaired) electrons. The fraction of sp³-hybridized carbons (Fsp3) is 0.900. The van der Waals surface area contributed by atoms with Gasteiger partial charge in [0.2, 0.25) is 0 Å². The minimum atomic E-state index is -5.28. The molecule has 0 saturated heterocycles. The van der Waals surface area contributed by atoms with Gasteiger partial charge in [-0.15, -0.1) is 0 Å². The molecule has 0 bridgehead atoms. The van der Waals surface area contributed by atoms with Gasteiger partial charge in [-0.1, -0.05) is 0 Å². The SMILES string of the molecule is CC[N+](CC)(CC)[C-]1C(F)(F)C(F)(F)C1(F)F. The maximum atomic E-state index is 13.2. The molecule has 0 atom stereocenters. The summed E-state index contributed by atoms with van der Waals surface area (Å²) >= 11 is 0. The molecule has 1 fully saturated rings. The number of rotatable bonds is 4. The van der Waals surface area contributed by atoms with Crippen LogP contribution in [0.5, 0.6) is 0 Å². The summed E-state index contributed by atoms with van der Waals surface area (Å²) in [4.78, 5) is 0. The zero-order chi connectivity index (χ0) is 13.7. The monoisotopic (exact) mass is 263 g/mol. The Morgan fingerprint density at radius 3 is 1.29 bits per heavy atom. The molecular weight excluding hydrogens is 248 g/mol. The van der Waals surface area contributed by atoms with E-state index in [0.29, 0.717) is 0 Å². The van der Waals surface area contributed by atoms with Crippen molar-refractivity contribution in [2.24, 2.45) is 0 Å². The summed E-state index contributed by atoms with van der Waals surface area (Å²) in [7, 11) is 0.